The van der Waals surface area contributed by atoms with Gasteiger partial charge in [0, 0.05) is 38.8 Å². The van der Waals surface area contributed by atoms with E-state index < -0.39 is 64.4 Å². The predicted octanol–water partition coefficient (Wildman–Crippen LogP) is 1.19. The summed E-state index contributed by atoms with van der Waals surface area (Å²) in [7, 11) is 6.94. The van der Waals surface area contributed by atoms with Crippen molar-refractivity contribution in [1.29, 1.82) is 0 Å². The number of fused-ring (bicyclic) bond motifs is 3. The Balaban J connectivity index is 1.57. The molecule has 0 bridgehead atoms. The molecule has 11 nitrogen and oxygen atoms in total. The van der Waals surface area contributed by atoms with Crippen molar-refractivity contribution in [2.45, 2.75) is 64.1 Å². The zero-order chi connectivity index (χ0) is 32.4. The first-order valence-electron chi connectivity index (χ1n) is 15.7. The van der Waals surface area contributed by atoms with Gasteiger partial charge in [-0.1, -0.05) is 13.8 Å². The zero-order valence-electron chi connectivity index (χ0n) is 26.6. The van der Waals surface area contributed by atoms with Gasteiger partial charge in [0.1, 0.15) is 5.75 Å². The summed E-state index contributed by atoms with van der Waals surface area (Å²) in [5.74, 6) is -9.09. The molecule has 240 valence electrons. The summed E-state index contributed by atoms with van der Waals surface area (Å²) in [6, 6.07) is 0.490. The van der Waals surface area contributed by atoms with E-state index in [1.54, 1.807) is 20.2 Å². The van der Waals surface area contributed by atoms with Crippen molar-refractivity contribution in [1.82, 2.24) is 9.80 Å². The highest BCUT2D eigenvalue weighted by Crippen LogP contribution is 2.52. The van der Waals surface area contributed by atoms with Gasteiger partial charge in [0.15, 0.2) is 34.7 Å². The van der Waals surface area contributed by atoms with Crippen LogP contribution in [0.4, 0.5) is 5.69 Å². The SMILES string of the molecule is CC(C)CCN(Cc1cc(O)c2c(c1N(C)C)C[C@H]1C[C@H]3[C@H](N(C)C)C(=O)C(C(N)=O)C(=O)[C@@]3(O)C(=O)C1C2=O)CC1CC1. The molecule has 3 fully saturated rings. The van der Waals surface area contributed by atoms with Crippen LogP contribution in [0.1, 0.15) is 61.0 Å². The van der Waals surface area contributed by atoms with E-state index >= 15 is 0 Å². The van der Waals surface area contributed by atoms with Crippen molar-refractivity contribution < 1.29 is 34.2 Å². The molecule has 1 aromatic rings. The van der Waals surface area contributed by atoms with Gasteiger partial charge in [-0.25, -0.2) is 0 Å². The van der Waals surface area contributed by atoms with Crippen molar-refractivity contribution in [3.63, 3.8) is 0 Å². The monoisotopic (exact) mass is 610 g/mol. The molecule has 5 rings (SSSR count). The maximum absolute atomic E-state index is 14.1. The molecule has 0 heterocycles. The molecule has 2 unspecified atom stereocenters. The minimum absolute atomic E-state index is 0.0277. The molecule has 6 atom stereocenters. The van der Waals surface area contributed by atoms with Gasteiger partial charge in [-0.3, -0.25) is 33.8 Å². The van der Waals surface area contributed by atoms with Crippen LogP contribution in [0.2, 0.25) is 0 Å². The Bertz CT molecular complexity index is 1400. The van der Waals surface area contributed by atoms with Crippen LogP contribution in [-0.4, -0.2) is 102 Å². The van der Waals surface area contributed by atoms with E-state index in [9.17, 15) is 34.2 Å². The number of carbonyl (C=O) groups is 5. The number of anilines is 1. The van der Waals surface area contributed by atoms with Gasteiger partial charge in [0.2, 0.25) is 5.91 Å². The van der Waals surface area contributed by atoms with Crippen LogP contribution < -0.4 is 10.6 Å². The predicted molar refractivity (Wildman–Crippen MR) is 163 cm³/mol. The van der Waals surface area contributed by atoms with E-state index in [0.717, 1.165) is 30.8 Å². The van der Waals surface area contributed by atoms with Crippen LogP contribution in [0.25, 0.3) is 0 Å². The summed E-state index contributed by atoms with van der Waals surface area (Å²) in [6.07, 6.45) is 3.74. The second kappa shape index (κ2) is 11.7. The molecule has 0 aromatic heterocycles. The van der Waals surface area contributed by atoms with Gasteiger partial charge in [0.25, 0.3) is 0 Å². The number of primary amides is 1. The highest BCUT2D eigenvalue weighted by atomic mass is 16.3. The molecule has 11 heteroatoms. The summed E-state index contributed by atoms with van der Waals surface area (Å²) in [5, 5.41) is 23.1. The Morgan fingerprint density at radius 3 is 2.30 bits per heavy atom. The smallest absolute Gasteiger partial charge is 0.235 e. The molecule has 1 amide bonds. The number of Topliss-reactive ketones (excluding diaryl/α,β-unsaturated/α-hetero) is 4. The van der Waals surface area contributed by atoms with Crippen molar-refractivity contribution in [2.24, 2.45) is 41.2 Å². The number of likely N-dealkylation sites (N-methyl/N-ethyl adjacent to an activating group) is 1. The van der Waals surface area contributed by atoms with Crippen LogP contribution in [0.3, 0.4) is 0 Å². The minimum Gasteiger partial charge on any atom is -0.507 e. The fraction of sp³-hybridized carbons (Fsp3) is 0.667. The second-order valence-electron chi connectivity index (χ2n) is 14.3. The van der Waals surface area contributed by atoms with Crippen molar-refractivity contribution in [3.05, 3.63) is 22.8 Å². The maximum atomic E-state index is 14.1. The first-order chi connectivity index (χ1) is 20.6. The molecule has 0 saturated heterocycles. The number of nitrogens with zero attached hydrogens (tertiary/aromatic N) is 3. The molecule has 0 spiro atoms. The lowest BCUT2D eigenvalue weighted by Gasteiger charge is -2.52. The van der Waals surface area contributed by atoms with Crippen LogP contribution in [0.5, 0.6) is 5.75 Å². The molecule has 0 radical (unpaired) electrons. The second-order valence-corrected chi connectivity index (χ2v) is 14.3. The minimum atomic E-state index is -2.73. The average Bonchev–Trinajstić information content (AvgIpc) is 3.72. The van der Waals surface area contributed by atoms with Gasteiger partial charge in [-0.15, -0.1) is 0 Å². The number of amides is 1. The largest absolute Gasteiger partial charge is 0.507 e. The third-order valence-electron chi connectivity index (χ3n) is 10.2. The lowest BCUT2D eigenvalue weighted by atomic mass is 9.52. The first kappa shape index (κ1) is 32.2. The number of aliphatic hydroxyl groups is 1. The van der Waals surface area contributed by atoms with E-state index in [0.29, 0.717) is 23.9 Å². The van der Waals surface area contributed by atoms with E-state index in [4.69, 9.17) is 5.73 Å². The van der Waals surface area contributed by atoms with Crippen LogP contribution in [-0.2, 0) is 32.1 Å². The molecule has 4 aliphatic carbocycles. The Hall–Kier alpha value is -3.15. The molecular weight excluding hydrogens is 564 g/mol. The molecule has 3 saturated carbocycles. The van der Waals surface area contributed by atoms with Gasteiger partial charge in [-0.05, 0) is 87.7 Å². The van der Waals surface area contributed by atoms with E-state index in [1.165, 1.54) is 17.7 Å². The quantitative estimate of drug-likeness (QED) is 0.328. The molecular formula is C33H46N4O7. The fourth-order valence-electron chi connectivity index (χ4n) is 7.99. The summed E-state index contributed by atoms with van der Waals surface area (Å²) < 4.78 is 0. The van der Waals surface area contributed by atoms with Crippen LogP contribution in [0, 0.1) is 35.5 Å². The molecule has 1 aromatic carbocycles. The molecule has 4 N–H and O–H groups in total. The topological polar surface area (TPSA) is 162 Å². The Labute approximate surface area is 258 Å². The highest BCUT2D eigenvalue weighted by molar-refractivity contribution is 6.32. The highest BCUT2D eigenvalue weighted by Gasteiger charge is 2.69. The Morgan fingerprint density at radius 1 is 1.09 bits per heavy atom. The standard InChI is InChI=1S/C33H46N4O7/c1-16(2)9-10-37(14-17-7-8-17)15-19-13-22(38)24-20(26(19)35(3)4)11-18-12-21-27(36(5)6)29(40)25(32(34)43)31(42)33(21,44)30(41)23(18)28(24)39/h13,16-18,21,23,25,27,38,44H,7-12,14-15H2,1-6H3,(H2,34,43)/t18-,21-,23?,25?,27-,33-/m0/s1. The summed E-state index contributed by atoms with van der Waals surface area (Å²) in [4.78, 5) is 73.1. The van der Waals surface area contributed by atoms with Crippen LogP contribution >= 0.6 is 0 Å². The average molecular weight is 611 g/mol. The van der Waals surface area contributed by atoms with E-state index in [2.05, 4.69) is 18.7 Å². The molecule has 44 heavy (non-hydrogen) atoms. The summed E-state index contributed by atoms with van der Waals surface area (Å²) in [5.41, 5.74) is 5.05. The first-order valence-corrected chi connectivity index (χ1v) is 15.7. The number of carbonyl (C=O) groups excluding carboxylic acids is 5. The Morgan fingerprint density at radius 2 is 1.75 bits per heavy atom. The summed E-state index contributed by atoms with van der Waals surface area (Å²) >= 11 is 0. The third kappa shape index (κ3) is 5.26. The molecule has 0 aliphatic heterocycles. The normalized spacial score (nSPS) is 30.1. The van der Waals surface area contributed by atoms with Crippen molar-refractivity contribution in [3.8, 4) is 5.75 Å². The van der Waals surface area contributed by atoms with Gasteiger partial charge < -0.3 is 20.8 Å². The zero-order valence-corrected chi connectivity index (χ0v) is 26.6. The van der Waals surface area contributed by atoms with Gasteiger partial charge in [-0.2, -0.15) is 0 Å². The van der Waals surface area contributed by atoms with E-state index in [-0.39, 0.29) is 24.2 Å². The number of benzene rings is 1. The number of phenols is 1. The fourth-order valence-corrected chi connectivity index (χ4v) is 7.99. The number of hydrogen-bond donors (Lipinski definition) is 3. The molecule has 4 aliphatic rings. The van der Waals surface area contributed by atoms with Crippen molar-refractivity contribution >= 4 is 34.7 Å². The van der Waals surface area contributed by atoms with Gasteiger partial charge in [0.05, 0.1) is 17.5 Å². The summed E-state index contributed by atoms with van der Waals surface area (Å²) in [6.45, 7) is 6.87. The van der Waals surface area contributed by atoms with E-state index in [1.807, 2.05) is 19.0 Å². The van der Waals surface area contributed by atoms with Crippen LogP contribution in [0.15, 0.2) is 6.07 Å². The van der Waals surface area contributed by atoms with Crippen molar-refractivity contribution in [2.75, 3.05) is 46.2 Å². The maximum Gasteiger partial charge on any atom is 0.235 e. The Kier molecular flexibility index (Phi) is 8.54. The van der Waals surface area contributed by atoms with Gasteiger partial charge >= 0.3 is 0 Å². The third-order valence-corrected chi connectivity index (χ3v) is 10.2. The number of rotatable bonds is 10. The number of nitrogens with two attached hydrogens (primary N) is 1. The number of hydrogen-bond acceptors (Lipinski definition) is 10. The number of ketones is 4. The lowest BCUT2D eigenvalue weighted by molar-refractivity contribution is -0.181. The lowest BCUT2D eigenvalue weighted by Crippen LogP contribution is -2.74. The number of phenolic OH excluding ortho intramolecular Hbond substituents is 1. The number of aromatic hydroxyl groups is 1.